The highest BCUT2D eigenvalue weighted by Crippen LogP contribution is 2.19. The second-order valence-electron chi connectivity index (χ2n) is 6.08. The van der Waals surface area contributed by atoms with Gasteiger partial charge in [-0.2, -0.15) is 0 Å². The van der Waals surface area contributed by atoms with Crippen LogP contribution in [-0.4, -0.2) is 36.1 Å². The van der Waals surface area contributed by atoms with E-state index in [-0.39, 0.29) is 0 Å². The first-order chi connectivity index (χ1) is 10.7. The number of benzene rings is 1. The van der Waals surface area contributed by atoms with Crippen LogP contribution < -0.4 is 4.90 Å². The molecule has 118 valence electrons. The molecule has 1 aliphatic rings. The summed E-state index contributed by atoms with van der Waals surface area (Å²) in [4.78, 5) is 9.76. The maximum absolute atomic E-state index is 4.75. The third-order valence-electron chi connectivity index (χ3n) is 4.19. The average molecular weight is 315 g/mol. The maximum Gasteiger partial charge on any atom is 0.0928 e. The van der Waals surface area contributed by atoms with Gasteiger partial charge in [-0.15, -0.1) is 11.3 Å². The summed E-state index contributed by atoms with van der Waals surface area (Å²) in [6.07, 6.45) is 2.30. The highest BCUT2D eigenvalue weighted by molar-refractivity contribution is 7.09. The molecule has 4 heteroatoms. The van der Waals surface area contributed by atoms with Crippen LogP contribution >= 0.6 is 11.3 Å². The van der Waals surface area contributed by atoms with Crippen molar-refractivity contribution >= 4 is 17.0 Å². The van der Waals surface area contributed by atoms with Crippen LogP contribution in [-0.2, 0) is 13.0 Å². The van der Waals surface area contributed by atoms with Crippen molar-refractivity contribution in [2.24, 2.45) is 0 Å². The standard InChI is InChI=1S/C18H25N3S/c1-3-5-18-19-16(14-22-18)13-20-8-10-21(11-9-20)17-7-4-6-15(2)12-17/h4,6-7,12,14H,3,5,8-11,13H2,1-2H3. The number of thiazole rings is 1. The Balaban J connectivity index is 1.53. The molecule has 0 spiro atoms. The van der Waals surface area contributed by atoms with Gasteiger partial charge in [-0.05, 0) is 37.5 Å². The molecule has 22 heavy (non-hydrogen) atoms. The predicted octanol–water partition coefficient (Wildman–Crippen LogP) is 3.73. The molecule has 0 N–H and O–H groups in total. The molecule has 0 radical (unpaired) electrons. The lowest BCUT2D eigenvalue weighted by molar-refractivity contribution is 0.247. The van der Waals surface area contributed by atoms with Crippen LogP contribution in [0.2, 0.25) is 0 Å². The number of hydrogen-bond acceptors (Lipinski definition) is 4. The van der Waals surface area contributed by atoms with Crippen LogP contribution in [0, 0.1) is 6.92 Å². The number of aryl methyl sites for hydroxylation is 2. The molecule has 1 saturated heterocycles. The fraction of sp³-hybridized carbons (Fsp3) is 0.500. The molecule has 3 rings (SSSR count). The van der Waals surface area contributed by atoms with Crippen LogP contribution in [0.4, 0.5) is 5.69 Å². The minimum atomic E-state index is 1.00. The van der Waals surface area contributed by atoms with E-state index in [1.165, 1.54) is 28.4 Å². The number of piperazine rings is 1. The molecule has 1 aromatic carbocycles. The third-order valence-corrected chi connectivity index (χ3v) is 5.15. The highest BCUT2D eigenvalue weighted by atomic mass is 32.1. The Morgan fingerprint density at radius 2 is 2.00 bits per heavy atom. The van der Waals surface area contributed by atoms with E-state index in [2.05, 4.69) is 53.3 Å². The number of anilines is 1. The molecule has 0 bridgehead atoms. The second-order valence-corrected chi connectivity index (χ2v) is 7.03. The van der Waals surface area contributed by atoms with Gasteiger partial charge in [-0.3, -0.25) is 4.90 Å². The molecule has 1 aliphatic heterocycles. The minimum absolute atomic E-state index is 1.00. The summed E-state index contributed by atoms with van der Waals surface area (Å²) in [6, 6.07) is 8.82. The first-order valence-corrected chi connectivity index (χ1v) is 9.10. The normalized spacial score (nSPS) is 16.2. The zero-order valence-corrected chi connectivity index (χ0v) is 14.4. The zero-order valence-electron chi connectivity index (χ0n) is 13.6. The van der Waals surface area contributed by atoms with E-state index in [1.807, 2.05) is 11.3 Å². The third kappa shape index (κ3) is 3.87. The van der Waals surface area contributed by atoms with Crippen molar-refractivity contribution in [3.05, 3.63) is 45.9 Å². The van der Waals surface area contributed by atoms with Gasteiger partial charge in [0.15, 0.2) is 0 Å². The van der Waals surface area contributed by atoms with Crippen molar-refractivity contribution in [1.29, 1.82) is 0 Å². The molecule has 1 aromatic heterocycles. The summed E-state index contributed by atoms with van der Waals surface area (Å²) in [5, 5.41) is 3.52. The highest BCUT2D eigenvalue weighted by Gasteiger charge is 2.18. The Morgan fingerprint density at radius 1 is 1.18 bits per heavy atom. The number of aromatic nitrogens is 1. The SMILES string of the molecule is CCCc1nc(CN2CCN(c3cccc(C)c3)CC2)cs1. The topological polar surface area (TPSA) is 19.4 Å². The number of nitrogens with zero attached hydrogens (tertiary/aromatic N) is 3. The molecule has 0 atom stereocenters. The fourth-order valence-electron chi connectivity index (χ4n) is 2.97. The Morgan fingerprint density at radius 3 is 2.73 bits per heavy atom. The molecule has 1 fully saturated rings. The summed E-state index contributed by atoms with van der Waals surface area (Å²) in [5.41, 5.74) is 3.95. The van der Waals surface area contributed by atoms with Crippen LogP contribution in [0.25, 0.3) is 0 Å². The van der Waals surface area contributed by atoms with E-state index >= 15 is 0 Å². The summed E-state index contributed by atoms with van der Waals surface area (Å²) in [6.45, 7) is 9.83. The smallest absolute Gasteiger partial charge is 0.0928 e. The lowest BCUT2D eigenvalue weighted by Crippen LogP contribution is -2.46. The monoisotopic (exact) mass is 315 g/mol. The van der Waals surface area contributed by atoms with Gasteiger partial charge in [0.05, 0.1) is 10.7 Å². The van der Waals surface area contributed by atoms with E-state index < -0.39 is 0 Å². The molecule has 0 unspecified atom stereocenters. The van der Waals surface area contributed by atoms with Crippen molar-refractivity contribution < 1.29 is 0 Å². The Bertz CT molecular complexity index is 600. The molecule has 2 heterocycles. The van der Waals surface area contributed by atoms with Crippen LogP contribution in [0.15, 0.2) is 29.6 Å². The summed E-state index contributed by atoms with van der Waals surface area (Å²) < 4.78 is 0. The Kier molecular flexibility index (Phi) is 5.11. The van der Waals surface area contributed by atoms with Crippen molar-refractivity contribution in [2.45, 2.75) is 33.2 Å². The summed E-state index contributed by atoms with van der Waals surface area (Å²) in [5.74, 6) is 0. The van der Waals surface area contributed by atoms with Gasteiger partial charge >= 0.3 is 0 Å². The predicted molar refractivity (Wildman–Crippen MR) is 94.8 cm³/mol. The van der Waals surface area contributed by atoms with Gasteiger partial charge < -0.3 is 4.90 Å². The fourth-order valence-corrected chi connectivity index (χ4v) is 3.86. The lowest BCUT2D eigenvalue weighted by Gasteiger charge is -2.35. The Hall–Kier alpha value is -1.39. The van der Waals surface area contributed by atoms with E-state index in [4.69, 9.17) is 4.98 Å². The van der Waals surface area contributed by atoms with Crippen LogP contribution in [0.5, 0.6) is 0 Å². The molecular weight excluding hydrogens is 290 g/mol. The van der Waals surface area contributed by atoms with Gasteiger partial charge in [0.25, 0.3) is 0 Å². The average Bonchev–Trinajstić information content (AvgIpc) is 2.96. The number of hydrogen-bond donors (Lipinski definition) is 0. The molecule has 0 amide bonds. The van der Waals surface area contributed by atoms with Gasteiger partial charge in [0, 0.05) is 43.8 Å². The van der Waals surface area contributed by atoms with Crippen molar-refractivity contribution in [2.75, 3.05) is 31.1 Å². The van der Waals surface area contributed by atoms with Crippen molar-refractivity contribution in [3.8, 4) is 0 Å². The molecular formula is C18H25N3S. The van der Waals surface area contributed by atoms with Crippen LogP contribution in [0.1, 0.15) is 29.6 Å². The Labute approximate surface area is 137 Å². The lowest BCUT2D eigenvalue weighted by atomic mass is 10.2. The van der Waals surface area contributed by atoms with E-state index in [0.717, 1.165) is 39.1 Å². The van der Waals surface area contributed by atoms with Crippen molar-refractivity contribution in [1.82, 2.24) is 9.88 Å². The first-order valence-electron chi connectivity index (χ1n) is 8.22. The van der Waals surface area contributed by atoms with Gasteiger partial charge in [0.1, 0.15) is 0 Å². The van der Waals surface area contributed by atoms with E-state index in [9.17, 15) is 0 Å². The second kappa shape index (κ2) is 7.25. The first kappa shape index (κ1) is 15.5. The number of rotatable bonds is 5. The quantitative estimate of drug-likeness (QED) is 0.838. The van der Waals surface area contributed by atoms with E-state index in [1.54, 1.807) is 0 Å². The molecule has 2 aromatic rings. The molecule has 0 saturated carbocycles. The minimum Gasteiger partial charge on any atom is -0.369 e. The summed E-state index contributed by atoms with van der Waals surface area (Å²) >= 11 is 1.81. The molecule has 0 aliphatic carbocycles. The molecule has 3 nitrogen and oxygen atoms in total. The largest absolute Gasteiger partial charge is 0.369 e. The van der Waals surface area contributed by atoms with Crippen molar-refractivity contribution in [3.63, 3.8) is 0 Å². The van der Waals surface area contributed by atoms with Crippen LogP contribution in [0.3, 0.4) is 0 Å². The van der Waals surface area contributed by atoms with Gasteiger partial charge in [0.2, 0.25) is 0 Å². The van der Waals surface area contributed by atoms with Gasteiger partial charge in [-0.1, -0.05) is 19.1 Å². The zero-order chi connectivity index (χ0) is 15.4. The van der Waals surface area contributed by atoms with Gasteiger partial charge in [-0.25, -0.2) is 4.98 Å². The maximum atomic E-state index is 4.75. The summed E-state index contributed by atoms with van der Waals surface area (Å²) in [7, 11) is 0. The van der Waals surface area contributed by atoms with E-state index in [0.29, 0.717) is 0 Å².